The average Bonchev–Trinajstić information content (AvgIpc) is 3.63. The van der Waals surface area contributed by atoms with Crippen LogP contribution in [0.3, 0.4) is 0 Å². The number of carbonyl (C=O) groups excluding carboxylic acids is 1. The van der Waals surface area contributed by atoms with E-state index in [1.54, 1.807) is 35.4 Å². The Hall–Kier alpha value is -3.21. The molecule has 5 rings (SSSR count). The number of amides is 1. The van der Waals surface area contributed by atoms with E-state index in [1.165, 1.54) is 34.9 Å². The standard InChI is InChI=1S/C26H27N3O5S2/c1-17-14-18(2)24-23(15-17)35-26(27-24)28(16-20-6-5-13-34-20)25(30)22-7-4-12-29(22)36(31,32)21-10-8-19(33-3)9-11-21/h5-6,8-11,13-15,22H,4,7,12,16H2,1-3H3. The lowest BCUT2D eigenvalue weighted by Gasteiger charge is -2.28. The molecule has 3 heterocycles. The number of ether oxygens (including phenoxy) is 1. The maximum atomic E-state index is 14.0. The van der Waals surface area contributed by atoms with Crippen LogP contribution in [-0.4, -0.2) is 43.3 Å². The molecule has 0 bridgehead atoms. The lowest BCUT2D eigenvalue weighted by molar-refractivity contribution is -0.121. The number of thiazole rings is 1. The van der Waals surface area contributed by atoms with Gasteiger partial charge in [0, 0.05) is 6.54 Å². The Morgan fingerprint density at radius 1 is 1.22 bits per heavy atom. The molecule has 1 aliphatic heterocycles. The van der Waals surface area contributed by atoms with Crippen molar-refractivity contribution < 1.29 is 22.4 Å². The lowest BCUT2D eigenvalue weighted by Crippen LogP contribution is -2.47. The van der Waals surface area contributed by atoms with Crippen molar-refractivity contribution in [3.05, 3.63) is 71.7 Å². The van der Waals surface area contributed by atoms with Gasteiger partial charge in [0.1, 0.15) is 17.6 Å². The zero-order valence-corrected chi connectivity index (χ0v) is 21.9. The minimum absolute atomic E-state index is 0.131. The molecular formula is C26H27N3O5S2. The van der Waals surface area contributed by atoms with E-state index in [1.807, 2.05) is 13.8 Å². The second-order valence-corrected chi connectivity index (χ2v) is 11.8. The summed E-state index contributed by atoms with van der Waals surface area (Å²) in [4.78, 5) is 20.5. The quantitative estimate of drug-likeness (QED) is 0.341. The van der Waals surface area contributed by atoms with E-state index < -0.39 is 16.1 Å². The van der Waals surface area contributed by atoms with E-state index in [0.717, 1.165) is 21.3 Å². The van der Waals surface area contributed by atoms with Crippen molar-refractivity contribution in [1.29, 1.82) is 0 Å². The third-order valence-electron chi connectivity index (χ3n) is 6.36. The van der Waals surface area contributed by atoms with Gasteiger partial charge in [-0.3, -0.25) is 9.69 Å². The number of aromatic nitrogens is 1. The van der Waals surface area contributed by atoms with E-state index in [0.29, 0.717) is 29.5 Å². The topological polar surface area (TPSA) is 93.0 Å². The van der Waals surface area contributed by atoms with Crippen LogP contribution in [0.5, 0.6) is 5.75 Å². The Balaban J connectivity index is 1.51. The molecule has 10 heteroatoms. The van der Waals surface area contributed by atoms with Crippen LogP contribution in [0, 0.1) is 13.8 Å². The largest absolute Gasteiger partial charge is 0.497 e. The average molecular weight is 526 g/mol. The van der Waals surface area contributed by atoms with E-state index in [9.17, 15) is 13.2 Å². The van der Waals surface area contributed by atoms with Gasteiger partial charge in [0.05, 0.1) is 35.0 Å². The molecule has 0 N–H and O–H groups in total. The first kappa shape index (κ1) is 24.5. The first-order valence-corrected chi connectivity index (χ1v) is 13.9. The van der Waals surface area contributed by atoms with Crippen molar-refractivity contribution in [2.75, 3.05) is 18.6 Å². The summed E-state index contributed by atoms with van der Waals surface area (Å²) in [5, 5.41) is 0.522. The predicted octanol–water partition coefficient (Wildman–Crippen LogP) is 4.90. The molecule has 2 aromatic carbocycles. The lowest BCUT2D eigenvalue weighted by atomic mass is 10.1. The second-order valence-electron chi connectivity index (χ2n) is 8.88. The Kier molecular flexibility index (Phi) is 6.59. The van der Waals surface area contributed by atoms with Gasteiger partial charge in [-0.1, -0.05) is 17.4 Å². The van der Waals surface area contributed by atoms with Crippen LogP contribution in [0.15, 0.2) is 64.1 Å². The van der Waals surface area contributed by atoms with Crippen molar-refractivity contribution in [2.24, 2.45) is 0 Å². The number of sulfonamides is 1. The maximum absolute atomic E-state index is 14.0. The molecule has 1 amide bonds. The fourth-order valence-corrected chi connectivity index (χ4v) is 7.41. The van der Waals surface area contributed by atoms with Crippen LogP contribution < -0.4 is 9.64 Å². The van der Waals surface area contributed by atoms with Gasteiger partial charge in [0.25, 0.3) is 0 Å². The number of anilines is 1. The number of carbonyl (C=O) groups is 1. The number of hydrogen-bond acceptors (Lipinski definition) is 7. The molecule has 4 aromatic rings. The number of fused-ring (bicyclic) bond motifs is 1. The Labute approximate surface area is 214 Å². The second kappa shape index (κ2) is 9.68. The number of rotatable bonds is 7. The summed E-state index contributed by atoms with van der Waals surface area (Å²) in [7, 11) is -2.36. The van der Waals surface area contributed by atoms with Crippen molar-refractivity contribution in [1.82, 2.24) is 9.29 Å². The van der Waals surface area contributed by atoms with Gasteiger partial charge in [0.2, 0.25) is 15.9 Å². The summed E-state index contributed by atoms with van der Waals surface area (Å²) in [6.07, 6.45) is 2.59. The molecule has 36 heavy (non-hydrogen) atoms. The zero-order valence-electron chi connectivity index (χ0n) is 20.3. The molecule has 0 saturated carbocycles. The van der Waals surface area contributed by atoms with Crippen molar-refractivity contribution in [3.63, 3.8) is 0 Å². The van der Waals surface area contributed by atoms with Gasteiger partial charge >= 0.3 is 0 Å². The van der Waals surface area contributed by atoms with Gasteiger partial charge in [-0.2, -0.15) is 4.31 Å². The van der Waals surface area contributed by atoms with Crippen molar-refractivity contribution in [3.8, 4) is 5.75 Å². The van der Waals surface area contributed by atoms with Crippen LogP contribution in [0.1, 0.15) is 29.7 Å². The number of methoxy groups -OCH3 is 1. The summed E-state index contributed by atoms with van der Waals surface area (Å²) in [5.41, 5.74) is 2.99. The predicted molar refractivity (Wildman–Crippen MR) is 139 cm³/mol. The molecular weight excluding hydrogens is 498 g/mol. The van der Waals surface area contributed by atoms with Gasteiger partial charge in [0.15, 0.2) is 5.13 Å². The number of furan rings is 1. The number of hydrogen-bond donors (Lipinski definition) is 0. The van der Waals surface area contributed by atoms with Crippen molar-refractivity contribution >= 4 is 42.6 Å². The molecule has 0 aliphatic carbocycles. The van der Waals surface area contributed by atoms with Crippen LogP contribution in [0.4, 0.5) is 5.13 Å². The molecule has 1 saturated heterocycles. The van der Waals surface area contributed by atoms with Gasteiger partial charge < -0.3 is 9.15 Å². The van der Waals surface area contributed by atoms with Crippen LogP contribution in [0.2, 0.25) is 0 Å². The molecule has 0 spiro atoms. The molecule has 1 unspecified atom stereocenters. The SMILES string of the molecule is COc1ccc(S(=O)(=O)N2CCCC2C(=O)N(Cc2ccco2)c2nc3c(C)cc(C)cc3s2)cc1. The third kappa shape index (κ3) is 4.52. The fraction of sp³-hybridized carbons (Fsp3) is 0.308. The Morgan fingerprint density at radius 2 is 2.00 bits per heavy atom. The highest BCUT2D eigenvalue weighted by atomic mass is 32.2. The number of benzene rings is 2. The van der Waals surface area contributed by atoms with Crippen LogP contribution >= 0.6 is 11.3 Å². The fourth-order valence-electron chi connectivity index (χ4n) is 4.61. The summed E-state index contributed by atoms with van der Waals surface area (Å²) >= 11 is 1.42. The summed E-state index contributed by atoms with van der Waals surface area (Å²) in [6, 6.07) is 13.1. The minimum Gasteiger partial charge on any atom is -0.497 e. The number of aryl methyl sites for hydroxylation is 2. The van der Waals surface area contributed by atoms with Gasteiger partial charge in [-0.15, -0.1) is 0 Å². The van der Waals surface area contributed by atoms with Crippen LogP contribution in [0.25, 0.3) is 10.2 Å². The summed E-state index contributed by atoms with van der Waals surface area (Å²) < 4.78 is 40.1. The molecule has 8 nitrogen and oxygen atoms in total. The van der Waals surface area contributed by atoms with Gasteiger partial charge in [-0.25, -0.2) is 13.4 Å². The molecule has 1 atom stereocenters. The first-order chi connectivity index (χ1) is 17.3. The zero-order chi connectivity index (χ0) is 25.4. The summed E-state index contributed by atoms with van der Waals surface area (Å²) in [6.45, 7) is 4.46. The third-order valence-corrected chi connectivity index (χ3v) is 9.31. The molecule has 0 radical (unpaired) electrons. The highest BCUT2D eigenvalue weighted by molar-refractivity contribution is 7.89. The molecule has 188 valence electrons. The van der Waals surface area contributed by atoms with E-state index >= 15 is 0 Å². The molecule has 1 aliphatic rings. The molecule has 2 aromatic heterocycles. The molecule has 1 fully saturated rings. The van der Waals surface area contributed by atoms with E-state index in [-0.39, 0.29) is 23.9 Å². The normalized spacial score (nSPS) is 16.5. The Morgan fingerprint density at radius 3 is 2.69 bits per heavy atom. The first-order valence-electron chi connectivity index (χ1n) is 11.7. The Bertz CT molecular complexity index is 1490. The highest BCUT2D eigenvalue weighted by Crippen LogP contribution is 2.35. The monoisotopic (exact) mass is 525 g/mol. The van der Waals surface area contributed by atoms with Gasteiger partial charge in [-0.05, 0) is 80.3 Å². The minimum atomic E-state index is -3.88. The summed E-state index contributed by atoms with van der Waals surface area (Å²) in [5.74, 6) is 0.849. The van der Waals surface area contributed by atoms with Crippen LogP contribution in [-0.2, 0) is 21.4 Å². The van der Waals surface area contributed by atoms with E-state index in [2.05, 4.69) is 12.1 Å². The maximum Gasteiger partial charge on any atom is 0.247 e. The van der Waals surface area contributed by atoms with E-state index in [4.69, 9.17) is 14.1 Å². The smallest absolute Gasteiger partial charge is 0.247 e. The number of nitrogens with zero attached hydrogens (tertiary/aromatic N) is 3. The van der Waals surface area contributed by atoms with Crippen molar-refractivity contribution in [2.45, 2.75) is 44.2 Å². The highest BCUT2D eigenvalue weighted by Gasteiger charge is 2.42.